The summed E-state index contributed by atoms with van der Waals surface area (Å²) in [5, 5.41) is 3.60. The maximum atomic E-state index is 13.6. The molecule has 3 atom stereocenters. The number of nitrogens with one attached hydrogen (secondary N) is 1. The van der Waals surface area contributed by atoms with Crippen molar-refractivity contribution < 1.29 is 9.13 Å². The molecule has 1 N–H and O–H groups in total. The van der Waals surface area contributed by atoms with Crippen molar-refractivity contribution >= 4 is 0 Å². The van der Waals surface area contributed by atoms with E-state index in [0.717, 1.165) is 43.5 Å². The number of hydrogen-bond donors (Lipinski definition) is 1. The Morgan fingerprint density at radius 2 is 2.24 bits per heavy atom. The molecule has 0 radical (unpaired) electrons. The molecule has 0 saturated heterocycles. The maximum Gasteiger partial charge on any atom is 0.125 e. The molecule has 1 spiro atoms. The molecule has 0 aromatic heterocycles. The van der Waals surface area contributed by atoms with Crippen molar-refractivity contribution in [3.63, 3.8) is 0 Å². The lowest BCUT2D eigenvalue weighted by Gasteiger charge is -2.44. The standard InChI is InChI=1S/C18H26FNO/c1-3-10-20-16-12-18(9-5-6-13(18)4-2)21-17-8-7-14(19)11-15(16)17/h7-8,11,13,16,20H,3-6,9-10,12H2,1-2H3. The third kappa shape index (κ3) is 2.68. The molecule has 2 nitrogen and oxygen atoms in total. The lowest BCUT2D eigenvalue weighted by atomic mass is 9.79. The van der Waals surface area contributed by atoms with Crippen molar-refractivity contribution in [2.45, 2.75) is 64.0 Å². The van der Waals surface area contributed by atoms with E-state index in [-0.39, 0.29) is 17.5 Å². The molecular weight excluding hydrogens is 265 g/mol. The molecule has 21 heavy (non-hydrogen) atoms. The van der Waals surface area contributed by atoms with Crippen LogP contribution in [0.3, 0.4) is 0 Å². The number of hydrogen-bond acceptors (Lipinski definition) is 2. The zero-order valence-electron chi connectivity index (χ0n) is 13.1. The molecule has 1 heterocycles. The van der Waals surface area contributed by atoms with Gasteiger partial charge in [-0.3, -0.25) is 0 Å². The first-order valence-electron chi connectivity index (χ1n) is 8.40. The minimum absolute atomic E-state index is 0.0367. The van der Waals surface area contributed by atoms with Crippen LogP contribution in [0.2, 0.25) is 0 Å². The van der Waals surface area contributed by atoms with E-state index in [9.17, 15) is 4.39 Å². The van der Waals surface area contributed by atoms with Gasteiger partial charge in [-0.15, -0.1) is 0 Å². The quantitative estimate of drug-likeness (QED) is 0.875. The number of halogens is 1. The topological polar surface area (TPSA) is 21.3 Å². The summed E-state index contributed by atoms with van der Waals surface area (Å²) in [4.78, 5) is 0. The monoisotopic (exact) mass is 291 g/mol. The van der Waals surface area contributed by atoms with E-state index in [1.54, 1.807) is 6.07 Å². The SMILES string of the molecule is CCCNC1CC2(CCCC2CC)Oc2ccc(F)cc21. The van der Waals surface area contributed by atoms with Crippen molar-refractivity contribution in [1.29, 1.82) is 0 Å². The van der Waals surface area contributed by atoms with E-state index >= 15 is 0 Å². The fraction of sp³-hybridized carbons (Fsp3) is 0.667. The Kier molecular flexibility index (Phi) is 4.21. The molecule has 1 aliphatic carbocycles. The van der Waals surface area contributed by atoms with Crippen LogP contribution in [-0.2, 0) is 0 Å². The molecule has 3 heteroatoms. The van der Waals surface area contributed by atoms with Gasteiger partial charge in [0, 0.05) is 18.0 Å². The van der Waals surface area contributed by atoms with Crippen LogP contribution in [0.1, 0.15) is 64.0 Å². The Bertz CT molecular complexity index is 504. The first-order valence-corrected chi connectivity index (χ1v) is 8.40. The zero-order chi connectivity index (χ0) is 14.9. The molecule has 1 saturated carbocycles. The fourth-order valence-corrected chi connectivity index (χ4v) is 4.20. The second kappa shape index (κ2) is 5.96. The van der Waals surface area contributed by atoms with E-state index in [1.165, 1.54) is 18.9 Å². The van der Waals surface area contributed by atoms with Gasteiger partial charge in [-0.1, -0.05) is 13.8 Å². The number of rotatable bonds is 4. The van der Waals surface area contributed by atoms with Gasteiger partial charge < -0.3 is 10.1 Å². The predicted molar refractivity (Wildman–Crippen MR) is 83.0 cm³/mol. The molecule has 0 bridgehead atoms. The average Bonchev–Trinajstić information content (AvgIpc) is 2.87. The van der Waals surface area contributed by atoms with Gasteiger partial charge in [-0.25, -0.2) is 4.39 Å². The fourth-order valence-electron chi connectivity index (χ4n) is 4.20. The van der Waals surface area contributed by atoms with Gasteiger partial charge in [-0.2, -0.15) is 0 Å². The first kappa shape index (κ1) is 14.8. The smallest absolute Gasteiger partial charge is 0.125 e. The van der Waals surface area contributed by atoms with Crippen molar-refractivity contribution in [2.75, 3.05) is 6.54 Å². The van der Waals surface area contributed by atoms with Crippen molar-refractivity contribution in [2.24, 2.45) is 5.92 Å². The minimum Gasteiger partial charge on any atom is -0.487 e. The minimum atomic E-state index is -0.171. The van der Waals surface area contributed by atoms with Crippen LogP contribution in [0, 0.1) is 11.7 Å². The summed E-state index contributed by atoms with van der Waals surface area (Å²) in [7, 11) is 0. The molecule has 1 aliphatic heterocycles. The summed E-state index contributed by atoms with van der Waals surface area (Å²) >= 11 is 0. The van der Waals surface area contributed by atoms with Gasteiger partial charge >= 0.3 is 0 Å². The molecule has 1 aromatic carbocycles. The Morgan fingerprint density at radius 3 is 3.00 bits per heavy atom. The van der Waals surface area contributed by atoms with Crippen LogP contribution in [0.15, 0.2) is 18.2 Å². The van der Waals surface area contributed by atoms with E-state index in [2.05, 4.69) is 19.2 Å². The third-order valence-corrected chi connectivity index (χ3v) is 5.24. The van der Waals surface area contributed by atoms with Crippen LogP contribution in [0.25, 0.3) is 0 Å². The largest absolute Gasteiger partial charge is 0.487 e. The summed E-state index contributed by atoms with van der Waals surface area (Å²) in [6.07, 6.45) is 6.86. The first-order chi connectivity index (χ1) is 10.2. The zero-order valence-corrected chi connectivity index (χ0v) is 13.1. The Labute approximate surface area is 127 Å². The maximum absolute atomic E-state index is 13.6. The van der Waals surface area contributed by atoms with Crippen LogP contribution < -0.4 is 10.1 Å². The highest BCUT2D eigenvalue weighted by atomic mass is 19.1. The second-order valence-electron chi connectivity index (χ2n) is 6.56. The van der Waals surface area contributed by atoms with Gasteiger partial charge in [-0.05, 0) is 62.8 Å². The van der Waals surface area contributed by atoms with Gasteiger partial charge in [0.2, 0.25) is 0 Å². The summed E-state index contributed by atoms with van der Waals surface area (Å²) < 4.78 is 20.1. The van der Waals surface area contributed by atoms with E-state index in [1.807, 2.05) is 6.07 Å². The summed E-state index contributed by atoms with van der Waals surface area (Å²) in [5.41, 5.74) is 0.959. The van der Waals surface area contributed by atoms with E-state index in [0.29, 0.717) is 5.92 Å². The van der Waals surface area contributed by atoms with E-state index < -0.39 is 0 Å². The number of fused-ring (bicyclic) bond motifs is 1. The normalized spacial score (nSPS) is 31.2. The molecule has 2 aliphatic rings. The second-order valence-corrected chi connectivity index (χ2v) is 6.56. The van der Waals surface area contributed by atoms with Crippen LogP contribution in [0.5, 0.6) is 5.75 Å². The Hall–Kier alpha value is -1.09. The van der Waals surface area contributed by atoms with Crippen molar-refractivity contribution in [3.8, 4) is 5.75 Å². The lowest BCUT2D eigenvalue weighted by Crippen LogP contribution is -2.46. The number of ether oxygens (including phenoxy) is 1. The van der Waals surface area contributed by atoms with Crippen LogP contribution in [-0.4, -0.2) is 12.1 Å². The van der Waals surface area contributed by atoms with E-state index in [4.69, 9.17) is 4.74 Å². The summed E-state index contributed by atoms with van der Waals surface area (Å²) in [6, 6.07) is 5.20. The summed E-state index contributed by atoms with van der Waals surface area (Å²) in [5.74, 6) is 1.34. The molecule has 3 rings (SSSR count). The molecule has 3 unspecified atom stereocenters. The Balaban J connectivity index is 1.94. The molecule has 1 aromatic rings. The highest BCUT2D eigenvalue weighted by Crippen LogP contribution is 2.50. The molecule has 116 valence electrons. The van der Waals surface area contributed by atoms with Crippen LogP contribution >= 0.6 is 0 Å². The van der Waals surface area contributed by atoms with Gasteiger partial charge in [0.1, 0.15) is 17.2 Å². The highest BCUT2D eigenvalue weighted by molar-refractivity contribution is 5.40. The lowest BCUT2D eigenvalue weighted by molar-refractivity contribution is -0.00569. The van der Waals surface area contributed by atoms with Gasteiger partial charge in [0.25, 0.3) is 0 Å². The predicted octanol–water partition coefficient (Wildman–Crippen LogP) is 4.60. The molecule has 1 fully saturated rings. The number of benzene rings is 1. The van der Waals surface area contributed by atoms with Crippen LogP contribution in [0.4, 0.5) is 4.39 Å². The van der Waals surface area contributed by atoms with Crippen molar-refractivity contribution in [3.05, 3.63) is 29.6 Å². The highest BCUT2D eigenvalue weighted by Gasteiger charge is 2.48. The molecule has 0 amide bonds. The van der Waals surface area contributed by atoms with Gasteiger partial charge in [0.05, 0.1) is 0 Å². The average molecular weight is 291 g/mol. The van der Waals surface area contributed by atoms with Gasteiger partial charge in [0.15, 0.2) is 0 Å². The van der Waals surface area contributed by atoms with Crippen molar-refractivity contribution in [1.82, 2.24) is 5.32 Å². The Morgan fingerprint density at radius 1 is 1.38 bits per heavy atom. The summed E-state index contributed by atoms with van der Waals surface area (Å²) in [6.45, 7) is 5.39. The molecular formula is C18H26FNO. The third-order valence-electron chi connectivity index (χ3n) is 5.24.